The summed E-state index contributed by atoms with van der Waals surface area (Å²) in [7, 11) is 0. The molecule has 2 aliphatic heterocycles. The minimum atomic E-state index is 0.241. The molecule has 2 heterocycles. The maximum atomic E-state index is 2.67. The Morgan fingerprint density at radius 3 is 1.88 bits per heavy atom. The van der Waals surface area contributed by atoms with Crippen LogP contribution in [0.1, 0.15) is 47.1 Å². The van der Waals surface area contributed by atoms with Crippen LogP contribution in [-0.4, -0.2) is 61.2 Å². The SMILES string of the molecule is CC(C)(C)c1ccc(N2CC(CN3CCN(C(C)(C)C)CC3)C2)cc1. The van der Waals surface area contributed by atoms with Crippen LogP contribution in [0.3, 0.4) is 0 Å². The van der Waals surface area contributed by atoms with Gasteiger partial charge in [-0.2, -0.15) is 0 Å². The summed E-state index contributed by atoms with van der Waals surface area (Å²) in [6, 6.07) is 9.21. The molecule has 0 unspecified atom stereocenters. The topological polar surface area (TPSA) is 9.72 Å². The monoisotopic (exact) mass is 343 g/mol. The summed E-state index contributed by atoms with van der Waals surface area (Å²) in [6.07, 6.45) is 0. The van der Waals surface area contributed by atoms with Gasteiger partial charge >= 0.3 is 0 Å². The molecule has 2 saturated heterocycles. The number of hydrogen-bond acceptors (Lipinski definition) is 3. The van der Waals surface area contributed by atoms with E-state index in [1.165, 1.54) is 57.1 Å². The number of benzene rings is 1. The number of piperazine rings is 1. The van der Waals surface area contributed by atoms with Crippen LogP contribution in [0.5, 0.6) is 0 Å². The van der Waals surface area contributed by atoms with Gasteiger partial charge in [-0.25, -0.2) is 0 Å². The molecule has 3 rings (SSSR count). The second kappa shape index (κ2) is 6.92. The van der Waals surface area contributed by atoms with Crippen molar-refractivity contribution in [1.82, 2.24) is 9.80 Å². The van der Waals surface area contributed by atoms with Crippen molar-refractivity contribution in [2.24, 2.45) is 5.92 Å². The molecule has 3 nitrogen and oxygen atoms in total. The highest BCUT2D eigenvalue weighted by Crippen LogP contribution is 2.29. The summed E-state index contributed by atoms with van der Waals surface area (Å²) < 4.78 is 0. The molecular weight excluding hydrogens is 306 g/mol. The largest absolute Gasteiger partial charge is 0.371 e. The molecule has 25 heavy (non-hydrogen) atoms. The second-order valence-electron chi connectivity index (χ2n) is 10.0. The summed E-state index contributed by atoms with van der Waals surface area (Å²) in [5, 5.41) is 0. The van der Waals surface area contributed by atoms with E-state index in [9.17, 15) is 0 Å². The quantitative estimate of drug-likeness (QED) is 0.826. The van der Waals surface area contributed by atoms with Gasteiger partial charge in [0.25, 0.3) is 0 Å². The first-order valence-electron chi connectivity index (χ1n) is 9.96. The first-order valence-corrected chi connectivity index (χ1v) is 9.96. The van der Waals surface area contributed by atoms with Crippen molar-refractivity contribution in [2.75, 3.05) is 50.7 Å². The highest BCUT2D eigenvalue weighted by Gasteiger charge is 2.31. The van der Waals surface area contributed by atoms with Crippen LogP contribution in [-0.2, 0) is 5.41 Å². The zero-order valence-electron chi connectivity index (χ0n) is 17.2. The molecule has 0 radical (unpaired) electrons. The minimum absolute atomic E-state index is 0.241. The van der Waals surface area contributed by atoms with Gasteiger partial charge in [-0.15, -0.1) is 0 Å². The lowest BCUT2D eigenvalue weighted by molar-refractivity contribution is 0.0530. The Bertz CT molecular complexity index is 550. The molecule has 0 amide bonds. The predicted octanol–water partition coefficient (Wildman–Crippen LogP) is 3.84. The third-order valence-electron chi connectivity index (χ3n) is 5.89. The Labute approximate surface area is 155 Å². The van der Waals surface area contributed by atoms with Gasteiger partial charge in [0, 0.05) is 63.0 Å². The normalized spacial score (nSPS) is 21.4. The first-order chi connectivity index (χ1) is 11.6. The average molecular weight is 344 g/mol. The van der Waals surface area contributed by atoms with Gasteiger partial charge in [0.1, 0.15) is 0 Å². The molecule has 2 aliphatic rings. The van der Waals surface area contributed by atoms with E-state index in [4.69, 9.17) is 0 Å². The van der Waals surface area contributed by atoms with E-state index >= 15 is 0 Å². The van der Waals surface area contributed by atoms with Crippen LogP contribution in [0.2, 0.25) is 0 Å². The van der Waals surface area contributed by atoms with Crippen molar-refractivity contribution in [2.45, 2.75) is 52.5 Å². The molecule has 1 aromatic rings. The Balaban J connectivity index is 1.43. The van der Waals surface area contributed by atoms with Crippen LogP contribution in [0, 0.1) is 5.92 Å². The van der Waals surface area contributed by atoms with Gasteiger partial charge in [-0.05, 0) is 43.9 Å². The number of hydrogen-bond donors (Lipinski definition) is 0. The first kappa shape index (κ1) is 18.7. The standard InChI is InChI=1S/C22H37N3/c1-21(2,3)19-7-9-20(10-8-19)24-16-18(17-24)15-23-11-13-25(14-12-23)22(4,5)6/h7-10,18H,11-17H2,1-6H3. The predicted molar refractivity (Wildman–Crippen MR) is 109 cm³/mol. The molecule has 2 fully saturated rings. The maximum Gasteiger partial charge on any atom is 0.0366 e. The van der Waals surface area contributed by atoms with Gasteiger partial charge < -0.3 is 9.80 Å². The molecule has 0 aromatic heterocycles. The lowest BCUT2D eigenvalue weighted by Gasteiger charge is -2.46. The lowest BCUT2D eigenvalue weighted by Crippen LogP contribution is -2.57. The summed E-state index contributed by atoms with van der Waals surface area (Å²) in [6.45, 7) is 22.4. The third kappa shape index (κ3) is 4.57. The Morgan fingerprint density at radius 2 is 1.40 bits per heavy atom. The Kier molecular flexibility index (Phi) is 5.18. The average Bonchev–Trinajstić information content (AvgIpc) is 2.49. The number of nitrogens with zero attached hydrogens (tertiary/aromatic N) is 3. The fourth-order valence-electron chi connectivity index (χ4n) is 4.03. The van der Waals surface area contributed by atoms with Crippen molar-refractivity contribution >= 4 is 5.69 Å². The summed E-state index contributed by atoms with van der Waals surface area (Å²) in [5.74, 6) is 0.837. The highest BCUT2D eigenvalue weighted by atomic mass is 15.3. The molecule has 140 valence electrons. The molecule has 3 heteroatoms. The third-order valence-corrected chi connectivity index (χ3v) is 5.89. The van der Waals surface area contributed by atoms with Gasteiger partial charge in [0.15, 0.2) is 0 Å². The zero-order valence-corrected chi connectivity index (χ0v) is 17.2. The van der Waals surface area contributed by atoms with E-state index < -0.39 is 0 Å². The van der Waals surface area contributed by atoms with Crippen LogP contribution < -0.4 is 4.90 Å². The Hall–Kier alpha value is -1.06. The van der Waals surface area contributed by atoms with Crippen LogP contribution >= 0.6 is 0 Å². The van der Waals surface area contributed by atoms with Crippen molar-refractivity contribution < 1.29 is 0 Å². The van der Waals surface area contributed by atoms with Crippen LogP contribution in [0.25, 0.3) is 0 Å². The summed E-state index contributed by atoms with van der Waals surface area (Å²) >= 11 is 0. The molecule has 0 saturated carbocycles. The van der Waals surface area contributed by atoms with E-state index in [0.717, 1.165) is 5.92 Å². The van der Waals surface area contributed by atoms with Gasteiger partial charge in [0.05, 0.1) is 0 Å². The summed E-state index contributed by atoms with van der Waals surface area (Å²) in [5.41, 5.74) is 3.37. The second-order valence-corrected chi connectivity index (χ2v) is 10.0. The number of anilines is 1. The smallest absolute Gasteiger partial charge is 0.0366 e. The number of rotatable bonds is 3. The van der Waals surface area contributed by atoms with E-state index in [2.05, 4.69) is 80.5 Å². The van der Waals surface area contributed by atoms with E-state index in [-0.39, 0.29) is 5.41 Å². The van der Waals surface area contributed by atoms with Gasteiger partial charge in [-0.3, -0.25) is 4.90 Å². The molecular formula is C22H37N3. The summed E-state index contributed by atoms with van der Waals surface area (Å²) in [4.78, 5) is 7.82. The lowest BCUT2D eigenvalue weighted by atomic mass is 9.87. The fraction of sp³-hybridized carbons (Fsp3) is 0.727. The van der Waals surface area contributed by atoms with Crippen molar-refractivity contribution in [3.63, 3.8) is 0 Å². The minimum Gasteiger partial charge on any atom is -0.371 e. The van der Waals surface area contributed by atoms with Crippen molar-refractivity contribution in [3.8, 4) is 0 Å². The van der Waals surface area contributed by atoms with Crippen LogP contribution in [0.4, 0.5) is 5.69 Å². The molecule has 0 spiro atoms. The zero-order chi connectivity index (χ0) is 18.2. The molecule has 0 atom stereocenters. The van der Waals surface area contributed by atoms with E-state index in [1.807, 2.05) is 0 Å². The molecule has 0 bridgehead atoms. The van der Waals surface area contributed by atoms with Gasteiger partial charge in [0.2, 0.25) is 0 Å². The molecule has 0 N–H and O–H groups in total. The molecule has 0 aliphatic carbocycles. The Morgan fingerprint density at radius 1 is 0.840 bits per heavy atom. The van der Waals surface area contributed by atoms with E-state index in [0.29, 0.717) is 5.54 Å². The maximum absolute atomic E-state index is 2.67. The van der Waals surface area contributed by atoms with Crippen molar-refractivity contribution in [3.05, 3.63) is 29.8 Å². The van der Waals surface area contributed by atoms with Crippen LogP contribution in [0.15, 0.2) is 24.3 Å². The molecule has 1 aromatic carbocycles. The highest BCUT2D eigenvalue weighted by molar-refractivity contribution is 5.50. The van der Waals surface area contributed by atoms with Gasteiger partial charge in [-0.1, -0.05) is 32.9 Å². The van der Waals surface area contributed by atoms with E-state index in [1.54, 1.807) is 0 Å². The van der Waals surface area contributed by atoms with Crippen molar-refractivity contribution in [1.29, 1.82) is 0 Å². The fourth-order valence-corrected chi connectivity index (χ4v) is 4.03.